The van der Waals surface area contributed by atoms with Crippen LogP contribution < -0.4 is 19.5 Å². The summed E-state index contributed by atoms with van der Waals surface area (Å²) in [7, 11) is -3.20. The van der Waals surface area contributed by atoms with Crippen LogP contribution in [0.15, 0.2) is 114 Å². The van der Waals surface area contributed by atoms with Gasteiger partial charge in [0.1, 0.15) is 29.2 Å². The molecule has 1 atom stereocenters. The summed E-state index contributed by atoms with van der Waals surface area (Å²) in [5.74, 6) is -1.13. The van der Waals surface area contributed by atoms with Crippen molar-refractivity contribution in [1.82, 2.24) is 14.6 Å². The van der Waals surface area contributed by atoms with E-state index in [1.807, 2.05) is 35.9 Å². The highest BCUT2D eigenvalue weighted by atomic mass is 35.5. The van der Waals surface area contributed by atoms with Crippen molar-refractivity contribution in [2.75, 3.05) is 7.11 Å². The van der Waals surface area contributed by atoms with Crippen LogP contribution in [0, 0.1) is 24.0 Å². The Morgan fingerprint density at radius 2 is 1.50 bits per heavy atom. The first-order valence-electron chi connectivity index (χ1n) is 17.7. The predicted octanol–water partition coefficient (Wildman–Crippen LogP) is 7.52. The maximum atomic E-state index is 14.0. The Labute approximate surface area is 343 Å². The molecule has 0 spiro atoms. The van der Waals surface area contributed by atoms with Crippen molar-refractivity contribution >= 4 is 67.5 Å². The van der Waals surface area contributed by atoms with Crippen LogP contribution in [0.2, 0.25) is 10.0 Å². The van der Waals surface area contributed by atoms with Crippen LogP contribution >= 0.6 is 23.2 Å². The number of aryl methyl sites for hydroxylation is 1. The molecule has 0 unspecified atom stereocenters. The van der Waals surface area contributed by atoms with E-state index in [1.54, 1.807) is 73.7 Å². The molecule has 13 nitrogen and oxygen atoms in total. The van der Waals surface area contributed by atoms with E-state index < -0.39 is 43.4 Å². The summed E-state index contributed by atoms with van der Waals surface area (Å²) < 4.78 is 41.6. The van der Waals surface area contributed by atoms with Crippen LogP contribution in [0.4, 0.5) is 5.69 Å². The van der Waals surface area contributed by atoms with Crippen LogP contribution in [-0.2, 0) is 39.1 Å². The first kappa shape index (κ1) is 41.4. The summed E-state index contributed by atoms with van der Waals surface area (Å²) >= 11 is 11.9. The third-order valence-corrected chi connectivity index (χ3v) is 11.3. The normalized spacial score (nSPS) is 11.8. The van der Waals surface area contributed by atoms with Crippen molar-refractivity contribution < 1.29 is 37.2 Å². The predicted molar refractivity (Wildman–Crippen MR) is 219 cm³/mol. The minimum atomic E-state index is -4.68. The van der Waals surface area contributed by atoms with Gasteiger partial charge in [-0.2, -0.15) is 0 Å². The Kier molecular flexibility index (Phi) is 12.5. The molecule has 5 aromatic carbocycles. The summed E-state index contributed by atoms with van der Waals surface area (Å²) in [5.41, 5.74) is 3.73. The van der Waals surface area contributed by atoms with Gasteiger partial charge in [-0.3, -0.25) is 29.1 Å². The van der Waals surface area contributed by atoms with E-state index in [4.69, 9.17) is 32.7 Å². The number of benzene rings is 5. The number of halogens is 2. The lowest BCUT2D eigenvalue weighted by atomic mass is 10.0. The molecule has 2 N–H and O–H groups in total. The molecule has 2 amide bonds. The first-order valence-corrected chi connectivity index (χ1v) is 19.9. The minimum Gasteiger partial charge on any atom is -0.497 e. The molecule has 0 aliphatic heterocycles. The number of nitro benzene ring substituents is 1. The Balaban J connectivity index is 1.29. The Morgan fingerprint density at radius 1 is 0.845 bits per heavy atom. The molecule has 1 heterocycles. The second kappa shape index (κ2) is 17.5. The highest BCUT2D eigenvalue weighted by molar-refractivity contribution is 7.90. The summed E-state index contributed by atoms with van der Waals surface area (Å²) in [6.07, 6.45) is -0.474. The monoisotopic (exact) mass is 842 g/mol. The highest BCUT2D eigenvalue weighted by Gasteiger charge is 2.29. The van der Waals surface area contributed by atoms with Gasteiger partial charge in [0.2, 0.25) is 5.91 Å². The first-order chi connectivity index (χ1) is 27.6. The number of carbonyl (C=O) groups excluding carboxylic acids is 3. The number of methoxy groups -OCH3 is 1. The molecule has 0 bridgehead atoms. The van der Waals surface area contributed by atoms with Gasteiger partial charge in [0.05, 0.1) is 28.9 Å². The third kappa shape index (κ3) is 9.48. The number of carbonyl (C=O) groups is 3. The number of fused-ring (bicyclic) bond motifs is 1. The summed E-state index contributed by atoms with van der Waals surface area (Å²) in [6.45, 7) is 3.99. The van der Waals surface area contributed by atoms with Crippen molar-refractivity contribution in [3.63, 3.8) is 0 Å². The van der Waals surface area contributed by atoms with Crippen molar-refractivity contribution in [2.24, 2.45) is 0 Å². The molecule has 16 heteroatoms. The van der Waals surface area contributed by atoms with E-state index in [9.17, 15) is 32.9 Å². The van der Waals surface area contributed by atoms with Gasteiger partial charge in [0.15, 0.2) is 0 Å². The molecule has 6 aromatic rings. The average Bonchev–Trinajstić information content (AvgIpc) is 3.46. The average molecular weight is 844 g/mol. The molecule has 0 radical (unpaired) electrons. The van der Waals surface area contributed by atoms with E-state index in [0.717, 1.165) is 29.3 Å². The largest absolute Gasteiger partial charge is 0.497 e. The van der Waals surface area contributed by atoms with E-state index in [0.29, 0.717) is 56.4 Å². The number of nitrogens with zero attached hydrogens (tertiary/aromatic N) is 2. The fourth-order valence-corrected chi connectivity index (χ4v) is 7.63. The SMILES string of the molecule is COc1ccc2c(c1)c(CC(=O)N[C@@H](Cc1ccc(OCc3ccc(C)cc3)cc1)C(=O)NS(=O)(=O)c1ccc(Cl)c([N+](=O)[O-])c1)c(C)n2C(=O)c1ccc(Cl)cc1. The van der Waals surface area contributed by atoms with E-state index in [2.05, 4.69) is 5.32 Å². The molecule has 298 valence electrons. The number of nitrogens with one attached hydrogen (secondary N) is 2. The van der Waals surface area contributed by atoms with Crippen LogP contribution in [0.5, 0.6) is 11.5 Å². The Morgan fingerprint density at radius 3 is 2.16 bits per heavy atom. The maximum absolute atomic E-state index is 14.0. The van der Waals surface area contributed by atoms with Gasteiger partial charge in [0.25, 0.3) is 27.5 Å². The lowest BCUT2D eigenvalue weighted by Crippen LogP contribution is -2.50. The van der Waals surface area contributed by atoms with Crippen molar-refractivity contribution in [3.05, 3.63) is 163 Å². The molecule has 0 aliphatic carbocycles. The zero-order chi connectivity index (χ0) is 41.7. The smallest absolute Gasteiger partial charge is 0.289 e. The zero-order valence-corrected chi connectivity index (χ0v) is 33.7. The third-order valence-electron chi connectivity index (χ3n) is 9.37. The summed E-state index contributed by atoms with van der Waals surface area (Å²) in [5, 5.41) is 14.8. The molecule has 0 saturated carbocycles. The van der Waals surface area contributed by atoms with Gasteiger partial charge >= 0.3 is 0 Å². The Hall–Kier alpha value is -6.22. The molecule has 0 aliphatic rings. The second-order valence-corrected chi connectivity index (χ2v) is 15.9. The van der Waals surface area contributed by atoms with Crippen LogP contribution in [-0.4, -0.2) is 48.8 Å². The van der Waals surface area contributed by atoms with Crippen molar-refractivity contribution in [1.29, 1.82) is 0 Å². The minimum absolute atomic E-state index is 0.157. The molecular weight excluding hydrogens is 807 g/mol. The highest BCUT2D eigenvalue weighted by Crippen LogP contribution is 2.31. The van der Waals surface area contributed by atoms with Crippen LogP contribution in [0.3, 0.4) is 0 Å². The fraction of sp³-hybridized carbons (Fsp3) is 0.167. The molecule has 0 saturated heterocycles. The second-order valence-electron chi connectivity index (χ2n) is 13.4. The lowest BCUT2D eigenvalue weighted by molar-refractivity contribution is -0.384. The van der Waals surface area contributed by atoms with E-state index >= 15 is 0 Å². The van der Waals surface area contributed by atoms with Gasteiger partial charge in [-0.1, -0.05) is 65.2 Å². The lowest BCUT2D eigenvalue weighted by Gasteiger charge is -2.19. The number of nitro groups is 1. The molecule has 0 fully saturated rings. The number of rotatable bonds is 14. The van der Waals surface area contributed by atoms with Gasteiger partial charge in [0, 0.05) is 34.2 Å². The number of hydrogen-bond acceptors (Lipinski definition) is 9. The maximum Gasteiger partial charge on any atom is 0.289 e. The number of hydrogen-bond donors (Lipinski definition) is 2. The Bertz CT molecular complexity index is 2650. The number of amides is 2. The number of aromatic nitrogens is 1. The van der Waals surface area contributed by atoms with Crippen LogP contribution in [0.1, 0.15) is 38.3 Å². The topological polar surface area (TPSA) is 176 Å². The molecule has 1 aromatic heterocycles. The van der Waals surface area contributed by atoms with Gasteiger partial charge in [-0.05, 0) is 97.3 Å². The van der Waals surface area contributed by atoms with Crippen molar-refractivity contribution in [3.8, 4) is 11.5 Å². The van der Waals surface area contributed by atoms with Crippen molar-refractivity contribution in [2.45, 2.75) is 44.2 Å². The summed E-state index contributed by atoms with van der Waals surface area (Å²) in [6, 6.07) is 27.4. The summed E-state index contributed by atoms with van der Waals surface area (Å²) in [4.78, 5) is 51.6. The van der Waals surface area contributed by atoms with E-state index in [1.165, 1.54) is 11.7 Å². The van der Waals surface area contributed by atoms with Gasteiger partial charge in [-0.25, -0.2) is 13.1 Å². The fourth-order valence-electron chi connectivity index (χ4n) is 6.28. The van der Waals surface area contributed by atoms with E-state index in [-0.39, 0.29) is 23.8 Å². The zero-order valence-electron chi connectivity index (χ0n) is 31.3. The quantitative estimate of drug-likeness (QED) is 0.0830. The molecular formula is C42H36Cl2N4O9S. The standard InChI is InChI=1S/C42H36Cl2N4O9S/c1-25-4-6-28(7-5-25)24-57-31-14-8-27(9-15-31)20-37(41(50)46-58(54,55)33-17-18-36(44)39(22-33)48(52)53)45-40(49)23-34-26(2)47(38-19-16-32(56-3)21-35(34)38)42(51)29-10-12-30(43)13-11-29/h4-19,21-22,37H,20,23-24H2,1-3H3,(H,45,49)(H,46,50)/t37-/m0/s1. The van der Waals surface area contributed by atoms with Crippen LogP contribution in [0.25, 0.3) is 10.9 Å². The number of sulfonamides is 1. The number of ether oxygens (including phenoxy) is 2. The molecule has 6 rings (SSSR count). The van der Waals surface area contributed by atoms with Gasteiger partial charge < -0.3 is 14.8 Å². The van der Waals surface area contributed by atoms with Gasteiger partial charge in [-0.15, -0.1) is 0 Å². The molecule has 58 heavy (non-hydrogen) atoms.